The molecule has 0 radical (unpaired) electrons. The number of nitrogens with one attached hydrogen (secondary N) is 2. The molecule has 6 heteroatoms. The minimum Gasteiger partial charge on any atom is -0.481 e. The van der Waals surface area contributed by atoms with Crippen LogP contribution in [0, 0.1) is 17.8 Å². The number of benzene rings is 1. The second-order valence-electron chi connectivity index (χ2n) is 5.79. The highest BCUT2D eigenvalue weighted by atomic mass is 16.4. The van der Waals surface area contributed by atoms with Crippen molar-refractivity contribution in [2.75, 3.05) is 5.32 Å². The molecule has 3 atom stereocenters. The number of carboxylic acid groups (broad SMARTS) is 1. The molecule has 1 aliphatic rings. The molecule has 1 aromatic carbocycles. The number of aliphatic carboxylic acids is 1. The smallest absolute Gasteiger partial charge is 0.307 e. The lowest BCUT2D eigenvalue weighted by Gasteiger charge is -2.15. The van der Waals surface area contributed by atoms with Crippen LogP contribution in [0.4, 0.5) is 5.69 Å². The molecule has 3 rings (SSSR count). The maximum Gasteiger partial charge on any atom is 0.307 e. The molecule has 0 bridgehead atoms. The number of nitrogens with zero attached hydrogens (tertiary/aromatic N) is 1. The van der Waals surface area contributed by atoms with Crippen LogP contribution in [-0.4, -0.2) is 27.2 Å². The van der Waals surface area contributed by atoms with E-state index in [0.29, 0.717) is 18.5 Å². The summed E-state index contributed by atoms with van der Waals surface area (Å²) in [5.74, 6) is -1.88. The maximum atomic E-state index is 12.4. The summed E-state index contributed by atoms with van der Waals surface area (Å²) in [5.41, 5.74) is 1.56. The van der Waals surface area contributed by atoms with Gasteiger partial charge < -0.3 is 10.4 Å². The Morgan fingerprint density at radius 2 is 2.10 bits per heavy atom. The van der Waals surface area contributed by atoms with Crippen LogP contribution in [0.1, 0.15) is 19.8 Å². The zero-order valence-electron chi connectivity index (χ0n) is 11.7. The highest BCUT2D eigenvalue weighted by Crippen LogP contribution is 2.37. The Balaban J connectivity index is 1.77. The number of carbonyl (C=O) groups excluding carboxylic acids is 1. The first kappa shape index (κ1) is 13.6. The molecule has 2 aromatic rings. The Bertz CT molecular complexity index is 694. The van der Waals surface area contributed by atoms with Crippen LogP contribution < -0.4 is 5.32 Å². The minimum atomic E-state index is -0.884. The monoisotopic (exact) mass is 287 g/mol. The molecule has 21 heavy (non-hydrogen) atoms. The number of carboxylic acids is 1. The Hall–Kier alpha value is -2.37. The topological polar surface area (TPSA) is 95.1 Å². The molecule has 1 unspecified atom stereocenters. The van der Waals surface area contributed by atoms with Crippen LogP contribution in [0.2, 0.25) is 0 Å². The molecular formula is C15H17N3O3. The number of H-pyrrole nitrogens is 1. The average molecular weight is 287 g/mol. The number of aromatic nitrogens is 2. The van der Waals surface area contributed by atoms with Crippen LogP contribution in [0.15, 0.2) is 24.4 Å². The Morgan fingerprint density at radius 1 is 1.33 bits per heavy atom. The highest BCUT2D eigenvalue weighted by molar-refractivity contribution is 5.97. The summed E-state index contributed by atoms with van der Waals surface area (Å²) in [5, 5.41) is 19.7. The summed E-state index contributed by atoms with van der Waals surface area (Å²) in [6.45, 7) is 1.99. The van der Waals surface area contributed by atoms with Gasteiger partial charge in [-0.2, -0.15) is 5.10 Å². The molecular weight excluding hydrogens is 270 g/mol. The first-order valence-corrected chi connectivity index (χ1v) is 7.01. The largest absolute Gasteiger partial charge is 0.481 e. The summed E-state index contributed by atoms with van der Waals surface area (Å²) in [4.78, 5) is 23.6. The van der Waals surface area contributed by atoms with E-state index in [1.165, 1.54) is 0 Å². The van der Waals surface area contributed by atoms with E-state index in [1.807, 2.05) is 19.1 Å². The van der Waals surface area contributed by atoms with Crippen LogP contribution in [0.25, 0.3) is 10.9 Å². The van der Waals surface area contributed by atoms with Crippen LogP contribution >= 0.6 is 0 Å². The molecule has 3 N–H and O–H groups in total. The third-order valence-corrected chi connectivity index (χ3v) is 4.16. The molecule has 0 spiro atoms. The number of hydrogen-bond acceptors (Lipinski definition) is 3. The van der Waals surface area contributed by atoms with Crippen molar-refractivity contribution in [1.82, 2.24) is 10.2 Å². The first-order chi connectivity index (χ1) is 10.0. The normalized spacial score (nSPS) is 25.1. The Kier molecular flexibility index (Phi) is 3.37. The van der Waals surface area contributed by atoms with Crippen LogP contribution in [-0.2, 0) is 9.59 Å². The second kappa shape index (κ2) is 5.20. The molecule has 0 aliphatic heterocycles. The van der Waals surface area contributed by atoms with Gasteiger partial charge in [-0.3, -0.25) is 14.7 Å². The van der Waals surface area contributed by atoms with E-state index in [9.17, 15) is 14.7 Å². The van der Waals surface area contributed by atoms with Crippen molar-refractivity contribution < 1.29 is 14.7 Å². The second-order valence-corrected chi connectivity index (χ2v) is 5.79. The molecule has 6 nitrogen and oxygen atoms in total. The van der Waals surface area contributed by atoms with Crippen molar-refractivity contribution >= 4 is 28.5 Å². The van der Waals surface area contributed by atoms with Crippen molar-refractivity contribution in [3.05, 3.63) is 24.4 Å². The lowest BCUT2D eigenvalue weighted by atomic mass is 9.95. The predicted octanol–water partition coefficient (Wildman–Crippen LogP) is 2.25. The number of rotatable bonds is 3. The number of fused-ring (bicyclic) bond motifs is 1. The summed E-state index contributed by atoms with van der Waals surface area (Å²) in [6, 6.07) is 5.45. The van der Waals surface area contributed by atoms with Crippen molar-refractivity contribution in [1.29, 1.82) is 0 Å². The van der Waals surface area contributed by atoms with Gasteiger partial charge in [0.15, 0.2) is 0 Å². The Morgan fingerprint density at radius 3 is 2.86 bits per heavy atom. The highest BCUT2D eigenvalue weighted by Gasteiger charge is 2.41. The fraction of sp³-hybridized carbons (Fsp3) is 0.400. The van der Waals surface area contributed by atoms with Crippen LogP contribution in [0.5, 0.6) is 0 Å². The number of amides is 1. The minimum absolute atomic E-state index is 0.213. The van der Waals surface area contributed by atoms with Crippen molar-refractivity contribution in [3.8, 4) is 0 Å². The van der Waals surface area contributed by atoms with E-state index in [1.54, 1.807) is 12.3 Å². The van der Waals surface area contributed by atoms with Gasteiger partial charge in [0.25, 0.3) is 0 Å². The fourth-order valence-corrected chi connectivity index (χ4v) is 3.11. The maximum absolute atomic E-state index is 12.4. The van der Waals surface area contributed by atoms with E-state index >= 15 is 0 Å². The van der Waals surface area contributed by atoms with Gasteiger partial charge in [-0.1, -0.05) is 6.92 Å². The van der Waals surface area contributed by atoms with Crippen molar-refractivity contribution in [2.45, 2.75) is 19.8 Å². The molecule has 1 aliphatic carbocycles. The summed E-state index contributed by atoms with van der Waals surface area (Å²) >= 11 is 0. The van der Waals surface area contributed by atoms with E-state index < -0.39 is 17.8 Å². The zero-order chi connectivity index (χ0) is 15.0. The molecule has 1 fully saturated rings. The van der Waals surface area contributed by atoms with E-state index in [4.69, 9.17) is 0 Å². The SMILES string of the molecule is CC1C[C@H](C(=O)Nc2ccc3[nH]ncc3c2)[C@H](C(=O)O)C1. The van der Waals surface area contributed by atoms with E-state index in [0.717, 1.165) is 10.9 Å². The van der Waals surface area contributed by atoms with Gasteiger partial charge >= 0.3 is 5.97 Å². The molecule has 1 amide bonds. The fourth-order valence-electron chi connectivity index (χ4n) is 3.11. The van der Waals surface area contributed by atoms with Gasteiger partial charge in [0.2, 0.25) is 5.91 Å². The molecule has 110 valence electrons. The van der Waals surface area contributed by atoms with Gasteiger partial charge in [-0.25, -0.2) is 0 Å². The number of anilines is 1. The van der Waals surface area contributed by atoms with Gasteiger partial charge in [-0.15, -0.1) is 0 Å². The van der Waals surface area contributed by atoms with Crippen molar-refractivity contribution in [2.24, 2.45) is 17.8 Å². The lowest BCUT2D eigenvalue weighted by molar-refractivity contribution is -0.145. The lowest BCUT2D eigenvalue weighted by Crippen LogP contribution is -2.29. The van der Waals surface area contributed by atoms with E-state index in [2.05, 4.69) is 15.5 Å². The van der Waals surface area contributed by atoms with Gasteiger partial charge in [0.05, 0.1) is 23.5 Å². The van der Waals surface area contributed by atoms with Gasteiger partial charge in [0, 0.05) is 11.1 Å². The number of hydrogen-bond donors (Lipinski definition) is 3. The standard InChI is InChI=1S/C15H17N3O3/c1-8-4-11(12(5-8)15(20)21)14(19)17-10-2-3-13-9(6-10)7-16-18-13/h2-3,6-8,11-12H,4-5H2,1H3,(H,16,18)(H,17,19)(H,20,21)/t8?,11-,12+/m0/s1. The average Bonchev–Trinajstić information content (AvgIpc) is 3.04. The first-order valence-electron chi connectivity index (χ1n) is 7.01. The quantitative estimate of drug-likeness (QED) is 0.806. The predicted molar refractivity (Wildman–Crippen MR) is 77.7 cm³/mol. The summed E-state index contributed by atoms with van der Waals surface area (Å²) in [6.07, 6.45) is 2.87. The third-order valence-electron chi connectivity index (χ3n) is 4.16. The van der Waals surface area contributed by atoms with Crippen molar-refractivity contribution in [3.63, 3.8) is 0 Å². The van der Waals surface area contributed by atoms with Gasteiger partial charge in [-0.05, 0) is 37.0 Å². The van der Waals surface area contributed by atoms with Crippen LogP contribution in [0.3, 0.4) is 0 Å². The molecule has 1 saturated carbocycles. The number of carbonyl (C=O) groups is 2. The molecule has 1 aromatic heterocycles. The molecule has 1 heterocycles. The van der Waals surface area contributed by atoms with E-state index in [-0.39, 0.29) is 11.8 Å². The van der Waals surface area contributed by atoms with Gasteiger partial charge in [0.1, 0.15) is 0 Å². The third kappa shape index (κ3) is 2.61. The summed E-state index contributed by atoms with van der Waals surface area (Å²) in [7, 11) is 0. The number of aromatic amines is 1. The summed E-state index contributed by atoms with van der Waals surface area (Å²) < 4.78 is 0. The zero-order valence-corrected chi connectivity index (χ0v) is 11.7. The molecule has 0 saturated heterocycles. The Labute approximate surface area is 121 Å².